The minimum Gasteiger partial charge on any atom is -0.328 e. The van der Waals surface area contributed by atoms with Gasteiger partial charge in [0.25, 0.3) is 0 Å². The van der Waals surface area contributed by atoms with Crippen molar-refractivity contribution in [2.24, 2.45) is 5.92 Å². The Morgan fingerprint density at radius 2 is 2.16 bits per heavy atom. The second kappa shape index (κ2) is 6.61. The highest BCUT2D eigenvalue weighted by molar-refractivity contribution is 7.09. The third-order valence-corrected chi connectivity index (χ3v) is 5.53. The lowest BCUT2D eigenvalue weighted by atomic mass is 10.1. The normalized spacial score (nSPS) is 15.1. The van der Waals surface area contributed by atoms with Crippen LogP contribution in [0, 0.1) is 12.8 Å². The molecule has 2 aromatic heterocycles. The first-order chi connectivity index (χ1) is 12.1. The largest absolute Gasteiger partial charge is 0.328 e. The zero-order valence-electron chi connectivity index (χ0n) is 13.6. The molecule has 0 radical (unpaired) electrons. The van der Waals surface area contributed by atoms with Crippen LogP contribution in [0.1, 0.15) is 29.5 Å². The van der Waals surface area contributed by atoms with E-state index in [0.717, 1.165) is 34.3 Å². The molecule has 1 aliphatic carbocycles. The van der Waals surface area contributed by atoms with Gasteiger partial charge in [-0.05, 0) is 49.4 Å². The van der Waals surface area contributed by atoms with Gasteiger partial charge in [0.2, 0.25) is 0 Å². The van der Waals surface area contributed by atoms with Crippen molar-refractivity contribution >= 4 is 45.7 Å². The maximum absolute atomic E-state index is 12.4. The van der Waals surface area contributed by atoms with Gasteiger partial charge in [0.05, 0.1) is 11.6 Å². The number of carbonyl (C=O) groups excluding carboxylic acids is 1. The number of benzene rings is 1. The van der Waals surface area contributed by atoms with Gasteiger partial charge in [0, 0.05) is 22.0 Å². The van der Waals surface area contributed by atoms with Gasteiger partial charge in [0.1, 0.15) is 10.8 Å². The summed E-state index contributed by atoms with van der Waals surface area (Å²) in [4.78, 5) is 21.3. The highest BCUT2D eigenvalue weighted by atomic mass is 35.5. The molecular weight excluding hydrogens is 356 g/mol. The molecule has 1 aromatic carbocycles. The van der Waals surface area contributed by atoms with Crippen LogP contribution in [0.2, 0.25) is 5.02 Å². The molecule has 0 unspecified atom stereocenters. The average molecular weight is 373 g/mol. The first kappa shape index (κ1) is 16.3. The Morgan fingerprint density at radius 3 is 2.88 bits per heavy atom. The van der Waals surface area contributed by atoms with Crippen LogP contribution >= 0.6 is 22.9 Å². The van der Waals surface area contributed by atoms with E-state index >= 15 is 0 Å². The number of hydrogen-bond donors (Lipinski definition) is 2. The molecule has 1 fully saturated rings. The number of nitrogens with zero attached hydrogens (tertiary/aromatic N) is 2. The Balaban J connectivity index is 1.52. The smallest absolute Gasteiger partial charge is 0.320 e. The Hall–Kier alpha value is -2.18. The second-order valence-corrected chi connectivity index (χ2v) is 7.57. The SMILES string of the molecule is Cc1ccc(Cl)c2ccc(NC(=O)N[C@H](c3nccs3)C3CC3)nc12. The quantitative estimate of drug-likeness (QED) is 0.682. The van der Waals surface area contributed by atoms with E-state index in [9.17, 15) is 4.79 Å². The average Bonchev–Trinajstić information content (AvgIpc) is 3.30. The maximum Gasteiger partial charge on any atom is 0.320 e. The topological polar surface area (TPSA) is 66.9 Å². The van der Waals surface area contributed by atoms with Gasteiger partial charge in [-0.15, -0.1) is 11.3 Å². The molecule has 4 rings (SSSR count). The van der Waals surface area contributed by atoms with Gasteiger partial charge in [-0.1, -0.05) is 17.7 Å². The summed E-state index contributed by atoms with van der Waals surface area (Å²) < 4.78 is 0. The van der Waals surface area contributed by atoms with Crippen molar-refractivity contribution in [3.63, 3.8) is 0 Å². The number of aryl methyl sites for hydroxylation is 1. The number of anilines is 1. The summed E-state index contributed by atoms with van der Waals surface area (Å²) in [7, 11) is 0. The summed E-state index contributed by atoms with van der Waals surface area (Å²) in [5.74, 6) is 0.978. The zero-order valence-corrected chi connectivity index (χ0v) is 15.2. The van der Waals surface area contributed by atoms with Crippen LogP contribution in [0.15, 0.2) is 35.8 Å². The van der Waals surface area contributed by atoms with Crippen molar-refractivity contribution in [2.45, 2.75) is 25.8 Å². The number of nitrogens with one attached hydrogen (secondary N) is 2. The van der Waals surface area contributed by atoms with Crippen LogP contribution in [0.25, 0.3) is 10.9 Å². The molecular formula is C18H17ClN4OS. The summed E-state index contributed by atoms with van der Waals surface area (Å²) in [6.45, 7) is 1.97. The molecule has 0 spiro atoms. The number of urea groups is 1. The number of carbonyl (C=O) groups is 1. The predicted octanol–water partition coefficient (Wildman–Crippen LogP) is 4.93. The summed E-state index contributed by atoms with van der Waals surface area (Å²) in [5, 5.41) is 10.3. The standard InChI is InChI=1S/C18H17ClN4OS/c1-10-2-6-13(19)12-5-7-14(21-15(10)12)22-18(24)23-16(11-3-4-11)17-20-8-9-25-17/h2,5-9,11,16H,3-4H2,1H3,(H2,21,22,23,24)/t16-/m0/s1. The van der Waals surface area contributed by atoms with Gasteiger partial charge in [-0.3, -0.25) is 5.32 Å². The van der Waals surface area contributed by atoms with Crippen molar-refractivity contribution in [3.05, 3.63) is 51.4 Å². The Morgan fingerprint density at radius 1 is 1.32 bits per heavy atom. The third-order valence-electron chi connectivity index (χ3n) is 4.34. The third kappa shape index (κ3) is 3.45. The summed E-state index contributed by atoms with van der Waals surface area (Å²) in [5.41, 5.74) is 1.81. The van der Waals surface area contributed by atoms with Gasteiger partial charge in [-0.2, -0.15) is 0 Å². The van der Waals surface area contributed by atoms with Crippen LogP contribution in [-0.2, 0) is 0 Å². The minimum absolute atomic E-state index is 0.0309. The van der Waals surface area contributed by atoms with Crippen LogP contribution in [0.3, 0.4) is 0 Å². The Labute approximate surface area is 154 Å². The highest BCUT2D eigenvalue weighted by Crippen LogP contribution is 2.41. The molecule has 2 N–H and O–H groups in total. The maximum atomic E-state index is 12.4. The molecule has 1 saturated carbocycles. The molecule has 5 nitrogen and oxygen atoms in total. The van der Waals surface area contributed by atoms with Crippen LogP contribution in [0.4, 0.5) is 10.6 Å². The van der Waals surface area contributed by atoms with Gasteiger partial charge < -0.3 is 5.32 Å². The molecule has 3 aromatic rings. The number of rotatable bonds is 4. The molecule has 1 atom stereocenters. The molecule has 0 aliphatic heterocycles. The summed E-state index contributed by atoms with van der Waals surface area (Å²) in [6, 6.07) is 7.13. The highest BCUT2D eigenvalue weighted by Gasteiger charge is 2.35. The van der Waals surface area contributed by atoms with Crippen molar-refractivity contribution < 1.29 is 4.79 Å². The lowest BCUT2D eigenvalue weighted by molar-refractivity contribution is 0.247. The molecule has 0 saturated heterocycles. The van der Waals surface area contributed by atoms with E-state index in [0.29, 0.717) is 16.8 Å². The summed E-state index contributed by atoms with van der Waals surface area (Å²) >= 11 is 7.78. The minimum atomic E-state index is -0.265. The van der Waals surface area contributed by atoms with E-state index in [1.165, 1.54) is 0 Å². The van der Waals surface area contributed by atoms with Crippen molar-refractivity contribution in [1.82, 2.24) is 15.3 Å². The van der Waals surface area contributed by atoms with Crippen LogP contribution in [0.5, 0.6) is 0 Å². The van der Waals surface area contributed by atoms with E-state index in [2.05, 4.69) is 20.6 Å². The Kier molecular flexibility index (Phi) is 4.31. The first-order valence-corrected chi connectivity index (χ1v) is 9.40. The molecule has 128 valence electrons. The number of fused-ring (bicyclic) bond motifs is 1. The molecule has 0 bridgehead atoms. The van der Waals surface area contributed by atoms with E-state index in [4.69, 9.17) is 11.6 Å². The molecule has 2 amide bonds. The van der Waals surface area contributed by atoms with E-state index < -0.39 is 0 Å². The van der Waals surface area contributed by atoms with Crippen molar-refractivity contribution in [3.8, 4) is 0 Å². The van der Waals surface area contributed by atoms with E-state index in [1.54, 1.807) is 23.6 Å². The number of halogens is 1. The van der Waals surface area contributed by atoms with Crippen LogP contribution in [-0.4, -0.2) is 16.0 Å². The number of amides is 2. The predicted molar refractivity (Wildman–Crippen MR) is 101 cm³/mol. The van der Waals surface area contributed by atoms with Gasteiger partial charge >= 0.3 is 6.03 Å². The second-order valence-electron chi connectivity index (χ2n) is 6.24. The van der Waals surface area contributed by atoms with E-state index in [1.807, 2.05) is 30.5 Å². The first-order valence-electron chi connectivity index (χ1n) is 8.14. The van der Waals surface area contributed by atoms with Crippen molar-refractivity contribution in [1.29, 1.82) is 0 Å². The molecule has 2 heterocycles. The summed E-state index contributed by atoms with van der Waals surface area (Å²) in [6.07, 6.45) is 4.01. The van der Waals surface area contributed by atoms with Crippen molar-refractivity contribution in [2.75, 3.05) is 5.32 Å². The molecule has 1 aliphatic rings. The van der Waals surface area contributed by atoms with E-state index in [-0.39, 0.29) is 12.1 Å². The molecule has 7 heteroatoms. The fraction of sp³-hybridized carbons (Fsp3) is 0.278. The number of aromatic nitrogens is 2. The number of thiazole rings is 1. The van der Waals surface area contributed by atoms with Crippen LogP contribution < -0.4 is 10.6 Å². The Bertz CT molecular complexity index is 924. The van der Waals surface area contributed by atoms with Gasteiger partial charge in [-0.25, -0.2) is 14.8 Å². The monoisotopic (exact) mass is 372 g/mol. The fourth-order valence-corrected chi connectivity index (χ4v) is 3.88. The van der Waals surface area contributed by atoms with Gasteiger partial charge in [0.15, 0.2) is 0 Å². The lowest BCUT2D eigenvalue weighted by Crippen LogP contribution is -2.33. The lowest BCUT2D eigenvalue weighted by Gasteiger charge is -2.16. The molecule has 25 heavy (non-hydrogen) atoms. The fourth-order valence-electron chi connectivity index (χ4n) is 2.88. The number of hydrogen-bond acceptors (Lipinski definition) is 4. The zero-order chi connectivity index (χ0) is 17.4. The number of pyridine rings is 1.